The Morgan fingerprint density at radius 2 is 1.92 bits per heavy atom. The first kappa shape index (κ1) is 18.3. The third-order valence-corrected chi connectivity index (χ3v) is 4.35. The summed E-state index contributed by atoms with van der Waals surface area (Å²) in [6.07, 6.45) is 3.27. The van der Waals surface area contributed by atoms with Gasteiger partial charge in [-0.2, -0.15) is 0 Å². The molecule has 1 saturated carbocycles. The lowest BCUT2D eigenvalue weighted by molar-refractivity contribution is -0.151. The van der Waals surface area contributed by atoms with Gasteiger partial charge in [0.2, 0.25) is 6.10 Å². The van der Waals surface area contributed by atoms with E-state index in [0.717, 1.165) is 18.9 Å². The molecule has 0 aliphatic heterocycles. The Hall–Kier alpha value is -2.47. The van der Waals surface area contributed by atoms with E-state index in [0.29, 0.717) is 10.0 Å². The summed E-state index contributed by atoms with van der Waals surface area (Å²) in [6, 6.07) is 13.4. The summed E-state index contributed by atoms with van der Waals surface area (Å²) in [5.41, 5.74) is 0.830. The molecule has 0 saturated heterocycles. The number of carbonyl (C=O) groups is 2. The fourth-order valence-electron chi connectivity index (χ4n) is 2.36. The fourth-order valence-corrected chi connectivity index (χ4v) is 2.74. The number of amides is 1. The Bertz CT molecular complexity index is 834. The van der Waals surface area contributed by atoms with Gasteiger partial charge in [-0.3, -0.25) is 4.79 Å². The number of rotatable bonds is 6. The van der Waals surface area contributed by atoms with E-state index in [1.165, 1.54) is 12.1 Å². The van der Waals surface area contributed by atoms with Crippen LogP contribution in [0.3, 0.4) is 0 Å². The normalized spacial score (nSPS) is 14.8. The second-order valence-corrected chi connectivity index (χ2v) is 6.93. The largest absolute Gasteiger partial charge is 0.444 e. The molecule has 1 aliphatic carbocycles. The van der Waals surface area contributed by atoms with Crippen molar-refractivity contribution in [1.29, 1.82) is 0 Å². The standard InChI is InChI=1S/C20H17BrFNO3/c21-15-7-10-17(22)14(12-15)6-11-18(24)26-19(13-4-2-1-3-5-13)20(25)23-16-8-9-16/h1-7,10-12,16,19H,8-9H2,(H,23,25). The average molecular weight is 418 g/mol. The van der Waals surface area contributed by atoms with Crippen LogP contribution in [0.4, 0.5) is 4.39 Å². The summed E-state index contributed by atoms with van der Waals surface area (Å²) in [6.45, 7) is 0. The molecule has 1 fully saturated rings. The van der Waals surface area contributed by atoms with Gasteiger partial charge in [0.25, 0.3) is 5.91 Å². The van der Waals surface area contributed by atoms with E-state index >= 15 is 0 Å². The molecule has 1 unspecified atom stereocenters. The highest BCUT2D eigenvalue weighted by Gasteiger charge is 2.30. The van der Waals surface area contributed by atoms with Crippen LogP contribution in [-0.2, 0) is 14.3 Å². The minimum atomic E-state index is -1.04. The van der Waals surface area contributed by atoms with Gasteiger partial charge in [0.05, 0.1) is 0 Å². The highest BCUT2D eigenvalue weighted by atomic mass is 79.9. The number of hydrogen-bond acceptors (Lipinski definition) is 3. The van der Waals surface area contributed by atoms with Crippen LogP contribution in [0, 0.1) is 5.82 Å². The first-order chi connectivity index (χ1) is 12.5. The van der Waals surface area contributed by atoms with Gasteiger partial charge >= 0.3 is 5.97 Å². The van der Waals surface area contributed by atoms with E-state index in [1.54, 1.807) is 36.4 Å². The molecule has 0 aromatic heterocycles. The molecule has 6 heteroatoms. The summed E-state index contributed by atoms with van der Waals surface area (Å²) in [5.74, 6) is -1.53. The Kier molecular flexibility index (Phi) is 5.83. The highest BCUT2D eigenvalue weighted by Crippen LogP contribution is 2.23. The maximum absolute atomic E-state index is 13.7. The molecule has 2 aromatic rings. The van der Waals surface area contributed by atoms with E-state index in [9.17, 15) is 14.0 Å². The molecule has 1 amide bonds. The van der Waals surface area contributed by atoms with Crippen molar-refractivity contribution in [2.45, 2.75) is 25.0 Å². The molecule has 1 aliphatic rings. The number of ether oxygens (including phenoxy) is 1. The molecule has 0 heterocycles. The molecule has 4 nitrogen and oxygen atoms in total. The number of benzene rings is 2. The SMILES string of the molecule is O=C(C=Cc1cc(Br)ccc1F)OC(C(=O)NC1CC1)c1ccccc1. The van der Waals surface area contributed by atoms with Crippen molar-refractivity contribution in [3.63, 3.8) is 0 Å². The van der Waals surface area contributed by atoms with E-state index in [1.807, 2.05) is 6.07 Å². The Morgan fingerprint density at radius 3 is 2.62 bits per heavy atom. The molecule has 2 aromatic carbocycles. The van der Waals surface area contributed by atoms with Gasteiger partial charge in [-0.25, -0.2) is 9.18 Å². The fraction of sp³-hybridized carbons (Fsp3) is 0.200. The van der Waals surface area contributed by atoms with Crippen molar-refractivity contribution in [3.8, 4) is 0 Å². The Balaban J connectivity index is 1.73. The minimum absolute atomic E-state index is 0.152. The maximum Gasteiger partial charge on any atom is 0.331 e. The number of halogens is 2. The van der Waals surface area contributed by atoms with Gasteiger partial charge in [0.1, 0.15) is 5.82 Å². The molecular formula is C20H17BrFNO3. The van der Waals surface area contributed by atoms with Crippen LogP contribution in [0.5, 0.6) is 0 Å². The molecule has 0 bridgehead atoms. The highest BCUT2D eigenvalue weighted by molar-refractivity contribution is 9.10. The summed E-state index contributed by atoms with van der Waals surface area (Å²) in [7, 11) is 0. The second-order valence-electron chi connectivity index (χ2n) is 6.01. The van der Waals surface area contributed by atoms with Crippen molar-refractivity contribution < 1.29 is 18.7 Å². The van der Waals surface area contributed by atoms with Gasteiger partial charge < -0.3 is 10.1 Å². The van der Waals surface area contributed by atoms with Gasteiger partial charge in [-0.05, 0) is 37.1 Å². The maximum atomic E-state index is 13.7. The van der Waals surface area contributed by atoms with E-state index in [4.69, 9.17) is 4.74 Å². The predicted molar refractivity (Wildman–Crippen MR) is 99.6 cm³/mol. The molecular weight excluding hydrogens is 401 g/mol. The van der Waals surface area contributed by atoms with Crippen LogP contribution in [0.25, 0.3) is 6.08 Å². The van der Waals surface area contributed by atoms with Crippen molar-refractivity contribution in [2.75, 3.05) is 0 Å². The Morgan fingerprint density at radius 1 is 1.19 bits per heavy atom. The van der Waals surface area contributed by atoms with Crippen LogP contribution >= 0.6 is 15.9 Å². The lowest BCUT2D eigenvalue weighted by Crippen LogP contribution is -2.33. The van der Waals surface area contributed by atoms with Gasteiger partial charge in [0.15, 0.2) is 0 Å². The number of nitrogens with one attached hydrogen (secondary N) is 1. The van der Waals surface area contributed by atoms with Crippen molar-refractivity contribution >= 4 is 33.9 Å². The molecule has 1 N–H and O–H groups in total. The van der Waals surface area contributed by atoms with E-state index < -0.39 is 17.9 Å². The zero-order valence-electron chi connectivity index (χ0n) is 13.8. The lowest BCUT2D eigenvalue weighted by Gasteiger charge is -2.17. The van der Waals surface area contributed by atoms with Crippen molar-refractivity contribution in [3.05, 3.63) is 76.0 Å². The van der Waals surface area contributed by atoms with Crippen molar-refractivity contribution in [2.24, 2.45) is 0 Å². The smallest absolute Gasteiger partial charge is 0.331 e. The summed E-state index contributed by atoms with van der Waals surface area (Å²) >= 11 is 3.25. The van der Waals surface area contributed by atoms with Crippen LogP contribution in [0.2, 0.25) is 0 Å². The van der Waals surface area contributed by atoms with Gasteiger partial charge in [0, 0.05) is 27.7 Å². The third-order valence-electron chi connectivity index (χ3n) is 3.86. The number of carbonyl (C=O) groups excluding carboxylic acids is 2. The molecule has 3 rings (SSSR count). The summed E-state index contributed by atoms with van der Waals surface area (Å²) in [4.78, 5) is 24.6. The second kappa shape index (κ2) is 8.27. The summed E-state index contributed by atoms with van der Waals surface area (Å²) in [5, 5.41) is 2.84. The lowest BCUT2D eigenvalue weighted by atomic mass is 10.1. The first-order valence-corrected chi connectivity index (χ1v) is 9.01. The first-order valence-electron chi connectivity index (χ1n) is 8.22. The molecule has 134 valence electrons. The van der Waals surface area contributed by atoms with Crippen LogP contribution < -0.4 is 5.32 Å². The molecule has 1 atom stereocenters. The average Bonchev–Trinajstić information content (AvgIpc) is 3.45. The molecule has 26 heavy (non-hydrogen) atoms. The van der Waals surface area contributed by atoms with E-state index in [-0.39, 0.29) is 17.5 Å². The summed E-state index contributed by atoms with van der Waals surface area (Å²) < 4.78 is 19.8. The third kappa shape index (κ3) is 5.02. The zero-order chi connectivity index (χ0) is 18.5. The number of hydrogen-bond donors (Lipinski definition) is 1. The van der Waals surface area contributed by atoms with Crippen LogP contribution in [-0.4, -0.2) is 17.9 Å². The van der Waals surface area contributed by atoms with Gasteiger partial charge in [-0.1, -0.05) is 46.3 Å². The Labute approximate surface area is 159 Å². The van der Waals surface area contributed by atoms with Crippen LogP contribution in [0.1, 0.15) is 30.1 Å². The van der Waals surface area contributed by atoms with Gasteiger partial charge in [-0.15, -0.1) is 0 Å². The molecule has 0 radical (unpaired) electrons. The minimum Gasteiger partial charge on any atom is -0.444 e. The molecule has 0 spiro atoms. The quantitative estimate of drug-likeness (QED) is 0.566. The predicted octanol–water partition coefficient (Wildman–Crippen LogP) is 4.16. The van der Waals surface area contributed by atoms with Crippen LogP contribution in [0.15, 0.2) is 59.1 Å². The monoisotopic (exact) mass is 417 g/mol. The topological polar surface area (TPSA) is 55.4 Å². The van der Waals surface area contributed by atoms with Crippen molar-refractivity contribution in [1.82, 2.24) is 5.32 Å². The van der Waals surface area contributed by atoms with E-state index in [2.05, 4.69) is 21.2 Å². The number of esters is 1. The zero-order valence-corrected chi connectivity index (χ0v) is 15.4.